The van der Waals surface area contributed by atoms with Crippen molar-refractivity contribution in [2.75, 3.05) is 33.4 Å². The Kier molecular flexibility index (Phi) is 6.97. The Bertz CT molecular complexity index is 1120. The fourth-order valence-corrected chi connectivity index (χ4v) is 4.22. The van der Waals surface area contributed by atoms with Crippen LogP contribution in [0.1, 0.15) is 23.7 Å². The summed E-state index contributed by atoms with van der Waals surface area (Å²) in [6.07, 6.45) is 2.22. The van der Waals surface area contributed by atoms with Gasteiger partial charge in [-0.25, -0.2) is 4.99 Å². The van der Waals surface area contributed by atoms with Crippen molar-refractivity contribution in [3.63, 3.8) is 0 Å². The topological polar surface area (TPSA) is 125 Å². The number of morpholine rings is 1. The van der Waals surface area contributed by atoms with Crippen molar-refractivity contribution in [2.45, 2.75) is 32.9 Å². The van der Waals surface area contributed by atoms with Crippen LogP contribution in [0.3, 0.4) is 0 Å². The van der Waals surface area contributed by atoms with Gasteiger partial charge in [0.1, 0.15) is 23.4 Å². The highest BCUT2D eigenvalue weighted by Gasteiger charge is 2.32. The Morgan fingerprint density at radius 3 is 2.62 bits per heavy atom. The lowest BCUT2D eigenvalue weighted by atomic mass is 10.0. The molecule has 1 atom stereocenters. The van der Waals surface area contributed by atoms with Crippen LogP contribution in [0.15, 0.2) is 53.0 Å². The van der Waals surface area contributed by atoms with Crippen molar-refractivity contribution >= 4 is 17.6 Å². The standard InChI is InChI=1S/C24H32N8O2/c1-4-32-16(2)18(15-27-32)23-29-20(22(26)30(23)3)21(25)28-19(14-17-8-6-5-7-9-17)24(33)31-10-12-34-13-11-31/h5-9,15,19,26,28H,4,10-14,25H2,1-3H3/b21-20-,26-22?/t19-/m1/s1. The van der Waals surface area contributed by atoms with Gasteiger partial charge in [-0.1, -0.05) is 30.3 Å². The summed E-state index contributed by atoms with van der Waals surface area (Å²) in [4.78, 5) is 21.5. The van der Waals surface area contributed by atoms with E-state index in [-0.39, 0.29) is 17.6 Å². The molecule has 0 aliphatic carbocycles. The number of amidine groups is 2. The molecule has 1 aromatic carbocycles. The Labute approximate surface area is 199 Å². The third kappa shape index (κ3) is 4.67. The molecule has 10 nitrogen and oxygen atoms in total. The van der Waals surface area contributed by atoms with Gasteiger partial charge in [0, 0.05) is 38.8 Å². The second-order valence-corrected chi connectivity index (χ2v) is 8.39. The number of nitrogens with zero attached hydrogens (tertiary/aromatic N) is 5. The van der Waals surface area contributed by atoms with Gasteiger partial charge in [0.15, 0.2) is 5.84 Å². The molecule has 0 radical (unpaired) electrons. The molecule has 4 N–H and O–H groups in total. The van der Waals surface area contributed by atoms with Crippen molar-refractivity contribution in [3.05, 3.63) is 64.9 Å². The van der Waals surface area contributed by atoms with E-state index in [1.807, 2.05) is 48.9 Å². The first-order chi connectivity index (χ1) is 16.4. The smallest absolute Gasteiger partial charge is 0.245 e. The van der Waals surface area contributed by atoms with Crippen LogP contribution in [0.25, 0.3) is 0 Å². The summed E-state index contributed by atoms with van der Waals surface area (Å²) in [6, 6.07) is 9.23. The van der Waals surface area contributed by atoms with Crippen molar-refractivity contribution in [1.82, 2.24) is 24.9 Å². The SMILES string of the molecule is CCn1ncc(C2=N/C(=C(/N)N[C@H](Cc3ccccc3)C(=O)N3CCOCC3)C(=N)N2C)c1C. The van der Waals surface area contributed by atoms with E-state index in [2.05, 4.69) is 15.4 Å². The van der Waals surface area contributed by atoms with Crippen LogP contribution < -0.4 is 11.1 Å². The fourth-order valence-electron chi connectivity index (χ4n) is 4.22. The number of nitrogens with two attached hydrogens (primary N) is 1. The number of hydrogen-bond donors (Lipinski definition) is 3. The van der Waals surface area contributed by atoms with E-state index in [1.54, 1.807) is 23.0 Å². The number of likely N-dealkylation sites (N-methyl/N-ethyl adjacent to an activating group) is 1. The average Bonchev–Trinajstić information content (AvgIpc) is 3.37. The van der Waals surface area contributed by atoms with E-state index < -0.39 is 6.04 Å². The number of aliphatic imine (C=N–C) groups is 1. The molecule has 0 bridgehead atoms. The number of aromatic nitrogens is 2. The molecule has 0 spiro atoms. The maximum Gasteiger partial charge on any atom is 0.245 e. The minimum atomic E-state index is -0.588. The second kappa shape index (κ2) is 10.1. The van der Waals surface area contributed by atoms with Gasteiger partial charge >= 0.3 is 0 Å². The first-order valence-corrected chi connectivity index (χ1v) is 11.5. The molecule has 1 fully saturated rings. The summed E-state index contributed by atoms with van der Waals surface area (Å²) >= 11 is 0. The number of benzene rings is 1. The minimum Gasteiger partial charge on any atom is -0.384 e. The molecule has 2 aliphatic heterocycles. The number of rotatable bonds is 7. The van der Waals surface area contributed by atoms with Crippen molar-refractivity contribution < 1.29 is 9.53 Å². The number of carbonyl (C=O) groups excluding carboxylic acids is 1. The van der Waals surface area contributed by atoms with Crippen molar-refractivity contribution in [2.24, 2.45) is 10.7 Å². The predicted molar refractivity (Wildman–Crippen MR) is 130 cm³/mol. The molecule has 0 unspecified atom stereocenters. The molecule has 1 amide bonds. The van der Waals surface area contributed by atoms with Crippen LogP contribution in [-0.2, 0) is 22.5 Å². The largest absolute Gasteiger partial charge is 0.384 e. The highest BCUT2D eigenvalue weighted by molar-refractivity contribution is 6.19. The fraction of sp³-hybridized carbons (Fsp3) is 0.417. The van der Waals surface area contributed by atoms with Crippen LogP contribution >= 0.6 is 0 Å². The molecule has 34 heavy (non-hydrogen) atoms. The summed E-state index contributed by atoms with van der Waals surface area (Å²) in [5.74, 6) is 0.940. The summed E-state index contributed by atoms with van der Waals surface area (Å²) in [5.41, 5.74) is 9.59. The normalized spacial score (nSPS) is 18.7. The van der Waals surface area contributed by atoms with E-state index in [4.69, 9.17) is 15.9 Å². The zero-order valence-electron chi connectivity index (χ0n) is 19.9. The summed E-state index contributed by atoms with van der Waals surface area (Å²) in [5, 5.41) is 16.2. The van der Waals surface area contributed by atoms with E-state index in [0.717, 1.165) is 23.4 Å². The quantitative estimate of drug-likeness (QED) is 0.563. The van der Waals surface area contributed by atoms with E-state index >= 15 is 0 Å². The molecule has 1 saturated heterocycles. The Morgan fingerprint density at radius 2 is 1.97 bits per heavy atom. The summed E-state index contributed by atoms with van der Waals surface area (Å²) in [6.45, 7) is 6.89. The third-order valence-electron chi connectivity index (χ3n) is 6.23. The maximum absolute atomic E-state index is 13.4. The maximum atomic E-state index is 13.4. The van der Waals surface area contributed by atoms with Gasteiger partial charge in [0.25, 0.3) is 0 Å². The Balaban J connectivity index is 1.63. The molecule has 4 rings (SSSR count). The number of amides is 1. The van der Waals surface area contributed by atoms with Crippen LogP contribution in [0.4, 0.5) is 0 Å². The van der Waals surface area contributed by atoms with E-state index in [1.165, 1.54) is 0 Å². The molecule has 180 valence electrons. The summed E-state index contributed by atoms with van der Waals surface area (Å²) < 4.78 is 7.29. The van der Waals surface area contributed by atoms with Gasteiger partial charge < -0.3 is 25.6 Å². The number of aryl methyl sites for hydroxylation is 1. The van der Waals surface area contributed by atoms with Gasteiger partial charge in [-0.15, -0.1) is 0 Å². The van der Waals surface area contributed by atoms with Crippen LogP contribution in [0.5, 0.6) is 0 Å². The third-order valence-corrected chi connectivity index (χ3v) is 6.23. The van der Waals surface area contributed by atoms with Gasteiger partial charge in [0.2, 0.25) is 5.91 Å². The molecule has 1 aromatic heterocycles. The lowest BCUT2D eigenvalue weighted by Crippen LogP contribution is -2.52. The van der Waals surface area contributed by atoms with Crippen LogP contribution in [0.2, 0.25) is 0 Å². The molecular formula is C24H32N8O2. The van der Waals surface area contributed by atoms with Gasteiger partial charge in [-0.3, -0.25) is 14.9 Å². The van der Waals surface area contributed by atoms with Gasteiger partial charge in [-0.05, 0) is 19.4 Å². The molecule has 3 heterocycles. The zero-order chi connectivity index (χ0) is 24.2. The van der Waals surface area contributed by atoms with Crippen molar-refractivity contribution in [3.8, 4) is 0 Å². The van der Waals surface area contributed by atoms with E-state index in [9.17, 15) is 4.79 Å². The van der Waals surface area contributed by atoms with Crippen molar-refractivity contribution in [1.29, 1.82) is 5.41 Å². The van der Waals surface area contributed by atoms with Crippen LogP contribution in [0, 0.1) is 12.3 Å². The second-order valence-electron chi connectivity index (χ2n) is 8.39. The molecule has 0 saturated carbocycles. The highest BCUT2D eigenvalue weighted by atomic mass is 16.5. The first-order valence-electron chi connectivity index (χ1n) is 11.5. The number of hydrogen-bond acceptors (Lipinski definition) is 7. The zero-order valence-corrected chi connectivity index (χ0v) is 19.9. The average molecular weight is 465 g/mol. The number of carbonyl (C=O) groups is 1. The number of ether oxygens (including phenoxy) is 1. The lowest BCUT2D eigenvalue weighted by Gasteiger charge is -2.31. The van der Waals surface area contributed by atoms with Gasteiger partial charge in [-0.2, -0.15) is 5.10 Å². The number of nitrogens with one attached hydrogen (secondary N) is 2. The van der Waals surface area contributed by atoms with E-state index in [0.29, 0.717) is 44.3 Å². The minimum absolute atomic E-state index is 0.0437. The van der Waals surface area contributed by atoms with Gasteiger partial charge in [0.05, 0.1) is 25.0 Å². The molecule has 2 aromatic rings. The molecular weight excluding hydrogens is 432 g/mol. The monoisotopic (exact) mass is 464 g/mol. The molecule has 10 heteroatoms. The predicted octanol–water partition coefficient (Wildman–Crippen LogP) is 1.07. The summed E-state index contributed by atoms with van der Waals surface area (Å²) in [7, 11) is 1.78. The molecule has 2 aliphatic rings. The highest BCUT2D eigenvalue weighted by Crippen LogP contribution is 2.22. The Hall–Kier alpha value is -3.66. The first kappa shape index (κ1) is 23.5. The Morgan fingerprint density at radius 1 is 1.26 bits per heavy atom. The lowest BCUT2D eigenvalue weighted by molar-refractivity contribution is -0.137. The van der Waals surface area contributed by atoms with Crippen LogP contribution in [-0.4, -0.2) is 76.6 Å².